The molecule has 1 aliphatic carbocycles. The maximum Gasteiger partial charge on any atom is 0.416 e. The Labute approximate surface area is 235 Å². The Morgan fingerprint density at radius 2 is 1.90 bits per heavy atom. The zero-order valence-corrected chi connectivity index (χ0v) is 23.5. The third-order valence-electron chi connectivity index (χ3n) is 7.95. The first kappa shape index (κ1) is 32.1. The number of hydrogen-bond acceptors (Lipinski definition) is 7. The van der Waals surface area contributed by atoms with Gasteiger partial charge in [0.15, 0.2) is 6.29 Å². The largest absolute Gasteiger partial charge is 0.416 e. The molecule has 0 spiro atoms. The second-order valence-electron chi connectivity index (χ2n) is 11.0. The van der Waals surface area contributed by atoms with Gasteiger partial charge in [0, 0.05) is 58.1 Å². The number of alkyl halides is 3. The molecule has 1 saturated heterocycles. The number of nitrogens with two attached hydrogens (primary N) is 1. The van der Waals surface area contributed by atoms with E-state index in [9.17, 15) is 22.8 Å². The van der Waals surface area contributed by atoms with Crippen LogP contribution in [0.25, 0.3) is 0 Å². The Morgan fingerprint density at radius 3 is 2.58 bits per heavy atom. The number of carbonyl (C=O) groups is 2. The number of rotatable bonds is 15. The summed E-state index contributed by atoms with van der Waals surface area (Å²) < 4.78 is 53.0. The zero-order chi connectivity index (χ0) is 29.0. The number of ketones is 1. The smallest absolute Gasteiger partial charge is 0.385 e. The second kappa shape index (κ2) is 16.1. The molecule has 1 saturated carbocycles. The number of halogens is 3. The first-order chi connectivity index (χ1) is 19.3. The third kappa shape index (κ3) is 9.59. The Hall–Kier alpha value is -2.43. The molecule has 1 aromatic rings. The predicted molar refractivity (Wildman–Crippen MR) is 147 cm³/mol. The van der Waals surface area contributed by atoms with Crippen LogP contribution in [0.2, 0.25) is 0 Å². The molecule has 1 aromatic carbocycles. The normalized spacial score (nSPS) is 20.7. The Bertz CT molecular complexity index is 966. The van der Waals surface area contributed by atoms with Crippen LogP contribution in [0.1, 0.15) is 75.0 Å². The molecule has 224 valence electrons. The Balaban J connectivity index is 1.81. The summed E-state index contributed by atoms with van der Waals surface area (Å²) in [6, 6.07) is 5.41. The molecule has 1 aliphatic heterocycles. The van der Waals surface area contributed by atoms with E-state index in [1.54, 1.807) is 19.4 Å². The average Bonchev–Trinajstić information content (AvgIpc) is 2.96. The Morgan fingerprint density at radius 1 is 1.15 bits per heavy atom. The minimum Gasteiger partial charge on any atom is -0.385 e. The first-order valence-electron chi connectivity index (χ1n) is 14.5. The fourth-order valence-corrected chi connectivity index (χ4v) is 5.98. The van der Waals surface area contributed by atoms with Crippen molar-refractivity contribution in [2.75, 3.05) is 40.0 Å². The predicted octanol–water partition coefficient (Wildman–Crippen LogP) is 5.01. The summed E-state index contributed by atoms with van der Waals surface area (Å²) in [5.74, 6) is -0.387. The van der Waals surface area contributed by atoms with Gasteiger partial charge in [0.1, 0.15) is 5.70 Å². The highest BCUT2D eigenvalue weighted by Gasteiger charge is 2.38. The number of carbonyl (C=O) groups excluding carboxylic acids is 2. The summed E-state index contributed by atoms with van der Waals surface area (Å²) in [6.07, 6.45) is 5.30. The van der Waals surface area contributed by atoms with Crippen molar-refractivity contribution in [2.45, 2.75) is 76.1 Å². The summed E-state index contributed by atoms with van der Waals surface area (Å²) >= 11 is 0. The van der Waals surface area contributed by atoms with Crippen molar-refractivity contribution >= 4 is 12.1 Å². The van der Waals surface area contributed by atoms with Crippen LogP contribution < -0.4 is 11.1 Å². The molecule has 10 heteroatoms. The topological polar surface area (TPSA) is 93.9 Å². The number of benzene rings is 1. The van der Waals surface area contributed by atoms with Crippen LogP contribution in [0.15, 0.2) is 36.2 Å². The van der Waals surface area contributed by atoms with Crippen molar-refractivity contribution in [3.63, 3.8) is 0 Å². The molecular formula is C30H44F3N3O4. The van der Waals surface area contributed by atoms with Gasteiger partial charge < -0.3 is 25.4 Å². The lowest BCUT2D eigenvalue weighted by molar-refractivity contribution is -0.140. The molecule has 3 rings (SSSR count). The Kier molecular flexibility index (Phi) is 12.9. The molecule has 0 unspecified atom stereocenters. The molecule has 3 atom stereocenters. The molecule has 0 bridgehead atoms. The van der Waals surface area contributed by atoms with Crippen molar-refractivity contribution in [3.05, 3.63) is 47.3 Å². The number of piperidine rings is 1. The van der Waals surface area contributed by atoms with Gasteiger partial charge >= 0.3 is 6.18 Å². The van der Waals surface area contributed by atoms with Crippen molar-refractivity contribution < 1.29 is 32.2 Å². The molecule has 1 heterocycles. The highest BCUT2D eigenvalue weighted by atomic mass is 19.4. The van der Waals surface area contributed by atoms with E-state index in [-0.39, 0.29) is 36.1 Å². The van der Waals surface area contributed by atoms with Crippen LogP contribution in [-0.4, -0.2) is 63.0 Å². The van der Waals surface area contributed by atoms with Crippen molar-refractivity contribution in [2.24, 2.45) is 17.6 Å². The molecule has 0 amide bonds. The summed E-state index contributed by atoms with van der Waals surface area (Å²) in [7, 11) is 1.57. The molecule has 2 fully saturated rings. The van der Waals surface area contributed by atoms with Gasteiger partial charge in [-0.25, -0.2) is 0 Å². The van der Waals surface area contributed by atoms with E-state index in [0.717, 1.165) is 25.3 Å². The number of Topliss-reactive ketones (excluding diaryl/α,β-unsaturated/α-hetero) is 1. The highest BCUT2D eigenvalue weighted by molar-refractivity contribution is 6.32. The van der Waals surface area contributed by atoms with Crippen molar-refractivity contribution in [3.8, 4) is 0 Å². The first-order valence-corrected chi connectivity index (χ1v) is 14.5. The standard InChI is InChI=1S/C30H44F3N3O4/c1-39-15-8-16-40-29(25-12-5-6-13-26(25)30(31,32)33)23-11-7-14-36(19-23)20-27(28(38)21-37)35-24(18-34)17-22-9-3-2-4-10-22/h5-6,12-13,20-24,29,35H,2-4,7-11,14-19,34H2,1H3/b27-20-/t23-,24+,29-/m1/s1. The highest BCUT2D eigenvalue weighted by Crippen LogP contribution is 2.40. The van der Waals surface area contributed by atoms with Gasteiger partial charge in [-0.2, -0.15) is 13.2 Å². The molecular weight excluding hydrogens is 523 g/mol. The van der Waals surface area contributed by atoms with E-state index in [0.29, 0.717) is 51.4 Å². The van der Waals surface area contributed by atoms with E-state index in [1.807, 2.05) is 4.90 Å². The average molecular weight is 568 g/mol. The van der Waals surface area contributed by atoms with Gasteiger partial charge in [-0.1, -0.05) is 50.3 Å². The van der Waals surface area contributed by atoms with E-state index in [2.05, 4.69) is 5.32 Å². The van der Waals surface area contributed by atoms with Crippen molar-refractivity contribution in [1.82, 2.24) is 10.2 Å². The zero-order valence-electron chi connectivity index (χ0n) is 23.5. The lowest BCUT2D eigenvalue weighted by Gasteiger charge is -2.38. The number of allylic oxidation sites excluding steroid dienone is 1. The maximum atomic E-state index is 13.9. The second-order valence-corrected chi connectivity index (χ2v) is 11.0. The number of nitrogens with zero attached hydrogens (tertiary/aromatic N) is 1. The number of hydrogen-bond donors (Lipinski definition) is 2. The molecule has 40 heavy (non-hydrogen) atoms. The van der Waals surface area contributed by atoms with Gasteiger partial charge in [0.25, 0.3) is 0 Å². The monoisotopic (exact) mass is 567 g/mol. The minimum atomic E-state index is -4.51. The molecule has 0 aromatic heterocycles. The van der Waals surface area contributed by atoms with Gasteiger partial charge in [0.2, 0.25) is 5.78 Å². The van der Waals surface area contributed by atoms with Crippen LogP contribution in [0.5, 0.6) is 0 Å². The number of likely N-dealkylation sites (tertiary alicyclic amines) is 1. The minimum absolute atomic E-state index is 0.112. The summed E-state index contributed by atoms with van der Waals surface area (Å²) in [5.41, 5.74) is 5.62. The lowest BCUT2D eigenvalue weighted by atomic mass is 9.84. The van der Waals surface area contributed by atoms with Crippen LogP contribution in [0.3, 0.4) is 0 Å². The maximum absolute atomic E-state index is 13.9. The fourth-order valence-electron chi connectivity index (χ4n) is 5.98. The summed E-state index contributed by atoms with van der Waals surface area (Å²) in [5, 5.41) is 3.22. The van der Waals surface area contributed by atoms with Crippen LogP contribution in [-0.2, 0) is 25.2 Å². The number of methoxy groups -OCH3 is 1. The van der Waals surface area contributed by atoms with Gasteiger partial charge in [0.05, 0.1) is 11.7 Å². The van der Waals surface area contributed by atoms with E-state index < -0.39 is 23.6 Å². The molecule has 3 N–H and O–H groups in total. The van der Waals surface area contributed by atoms with Gasteiger partial charge in [-0.15, -0.1) is 0 Å². The lowest BCUT2D eigenvalue weighted by Crippen LogP contribution is -2.42. The van der Waals surface area contributed by atoms with E-state index >= 15 is 0 Å². The third-order valence-corrected chi connectivity index (χ3v) is 7.95. The van der Waals surface area contributed by atoms with E-state index in [1.165, 1.54) is 31.4 Å². The summed E-state index contributed by atoms with van der Waals surface area (Å²) in [6.45, 7) is 2.02. The molecule has 0 radical (unpaired) electrons. The van der Waals surface area contributed by atoms with Gasteiger partial charge in [-0.3, -0.25) is 9.59 Å². The van der Waals surface area contributed by atoms with Crippen molar-refractivity contribution in [1.29, 1.82) is 0 Å². The van der Waals surface area contributed by atoms with Crippen LogP contribution in [0.4, 0.5) is 13.2 Å². The number of aldehydes is 1. The van der Waals surface area contributed by atoms with Crippen LogP contribution in [0, 0.1) is 11.8 Å². The number of ether oxygens (including phenoxy) is 2. The van der Waals surface area contributed by atoms with Crippen LogP contribution >= 0.6 is 0 Å². The summed E-state index contributed by atoms with van der Waals surface area (Å²) in [4.78, 5) is 26.0. The number of nitrogens with one attached hydrogen (secondary N) is 1. The molecule has 7 nitrogen and oxygen atoms in total. The quantitative estimate of drug-likeness (QED) is 0.133. The fraction of sp³-hybridized carbons (Fsp3) is 0.667. The SMILES string of the molecule is COCCCO[C@@H](c1ccccc1C(F)(F)F)[C@@H]1CCCN(/C=C(\N[C@H](CN)CC2CCCCC2)C(=O)C=O)C1. The van der Waals surface area contributed by atoms with Gasteiger partial charge in [-0.05, 0) is 43.2 Å². The van der Waals surface area contributed by atoms with E-state index in [4.69, 9.17) is 15.2 Å². The molecule has 2 aliphatic rings.